The Kier molecular flexibility index (Phi) is 16.8. The van der Waals surface area contributed by atoms with Crippen molar-refractivity contribution >= 4 is 70.0 Å². The fourth-order valence-corrected chi connectivity index (χ4v) is 3.67. The molecule has 1 amide bonds. The average Bonchev–Trinajstić information content (AvgIpc) is 2.50. The molecular weight excluding hydrogens is 426 g/mol. The monoisotopic (exact) mass is 452 g/mol. The molecule has 0 aliphatic carbocycles. The van der Waals surface area contributed by atoms with Crippen LogP contribution in [0.2, 0.25) is 0 Å². The van der Waals surface area contributed by atoms with Crippen LogP contribution in [0.1, 0.15) is 38.5 Å². The molecule has 0 aromatic heterocycles. The van der Waals surface area contributed by atoms with Crippen molar-refractivity contribution in [3.05, 3.63) is 0 Å². The molecule has 0 saturated carbocycles. The standard InChI is InChI=1S/C11H26N2O5P6/c14-9(6-5-8(13-19)11(16)17-23-20)12-7-3-1-2-4-10(15)18-24(21)22/h8,13,23H,1-7,19-22H2,(H,12,14). The van der Waals surface area contributed by atoms with Gasteiger partial charge in [-0.2, -0.15) is 0 Å². The Morgan fingerprint density at radius 1 is 1.12 bits per heavy atom. The Morgan fingerprint density at radius 3 is 2.42 bits per heavy atom. The van der Waals surface area contributed by atoms with Gasteiger partial charge in [-0.25, -0.2) is 0 Å². The highest BCUT2D eigenvalue weighted by Gasteiger charge is 2.18. The van der Waals surface area contributed by atoms with Crippen LogP contribution in [-0.4, -0.2) is 30.4 Å². The first kappa shape index (κ1) is 24.9. The molecule has 0 aromatic rings. The van der Waals surface area contributed by atoms with Gasteiger partial charge in [0, 0.05) is 19.4 Å². The molecule has 7 nitrogen and oxygen atoms in total. The van der Waals surface area contributed by atoms with E-state index in [9.17, 15) is 14.4 Å². The van der Waals surface area contributed by atoms with Crippen LogP contribution >= 0.6 is 52.2 Å². The van der Waals surface area contributed by atoms with Crippen molar-refractivity contribution in [3.63, 3.8) is 0 Å². The SMILES string of the molecule is O=C(CCC(NP)C(=O)OPP)NCCCCCC(=O)OP(P)P. The summed E-state index contributed by atoms with van der Waals surface area (Å²) in [5.74, 6) is -0.654. The molecule has 0 rings (SSSR count). The molecule has 6 atom stereocenters. The average molecular weight is 452 g/mol. The third-order valence-electron chi connectivity index (χ3n) is 2.89. The number of carbonyl (C=O) groups is 3. The van der Waals surface area contributed by atoms with Crippen molar-refractivity contribution < 1.29 is 23.4 Å². The summed E-state index contributed by atoms with van der Waals surface area (Å²) in [6, 6.07) is -0.501. The molecule has 140 valence electrons. The van der Waals surface area contributed by atoms with Crippen molar-refractivity contribution in [2.45, 2.75) is 44.6 Å². The maximum atomic E-state index is 11.7. The van der Waals surface area contributed by atoms with E-state index < -0.39 is 13.6 Å². The topological polar surface area (TPSA) is 93.7 Å². The Balaban J connectivity index is 3.69. The van der Waals surface area contributed by atoms with Gasteiger partial charge in [0.05, 0.1) is 8.50 Å². The van der Waals surface area contributed by atoms with E-state index in [1.54, 1.807) is 0 Å². The van der Waals surface area contributed by atoms with Crippen LogP contribution in [0.15, 0.2) is 0 Å². The lowest BCUT2D eigenvalue weighted by Gasteiger charge is -2.13. The van der Waals surface area contributed by atoms with Gasteiger partial charge < -0.3 is 14.4 Å². The van der Waals surface area contributed by atoms with Crippen LogP contribution in [0.25, 0.3) is 0 Å². The molecule has 0 aliphatic heterocycles. The van der Waals surface area contributed by atoms with Crippen LogP contribution in [0.5, 0.6) is 0 Å². The number of amides is 1. The molecule has 13 heteroatoms. The molecule has 24 heavy (non-hydrogen) atoms. The third-order valence-corrected chi connectivity index (χ3v) is 5.01. The summed E-state index contributed by atoms with van der Waals surface area (Å²) in [6.45, 7) is 0.560. The third kappa shape index (κ3) is 14.2. The summed E-state index contributed by atoms with van der Waals surface area (Å²) in [5.41, 5.74) is 0. The van der Waals surface area contributed by atoms with Gasteiger partial charge in [-0.1, -0.05) is 42.6 Å². The largest absolute Gasteiger partial charge is 0.443 e. The minimum atomic E-state index is -0.808. The fourth-order valence-electron chi connectivity index (χ4n) is 1.72. The summed E-state index contributed by atoms with van der Waals surface area (Å²) in [6.07, 6.45) is 3.42. The molecule has 0 bridgehead atoms. The van der Waals surface area contributed by atoms with Crippen LogP contribution in [0.3, 0.4) is 0 Å². The normalized spacial score (nSPS) is 12.4. The number of hydrogen-bond acceptors (Lipinski definition) is 6. The van der Waals surface area contributed by atoms with E-state index in [2.05, 4.69) is 46.6 Å². The Hall–Kier alpha value is 0.950. The van der Waals surface area contributed by atoms with E-state index in [1.165, 1.54) is 0 Å². The van der Waals surface area contributed by atoms with Gasteiger partial charge in [-0.15, -0.1) is 0 Å². The molecule has 2 N–H and O–H groups in total. The highest BCUT2D eigenvalue weighted by atomic mass is 32.4. The fraction of sp³-hybridized carbons (Fsp3) is 0.727. The number of hydrogen-bond donors (Lipinski definition) is 2. The van der Waals surface area contributed by atoms with Crippen molar-refractivity contribution in [2.75, 3.05) is 6.54 Å². The highest BCUT2D eigenvalue weighted by molar-refractivity contribution is 8.41. The van der Waals surface area contributed by atoms with Crippen LogP contribution in [0.4, 0.5) is 0 Å². The van der Waals surface area contributed by atoms with Crippen LogP contribution < -0.4 is 10.4 Å². The summed E-state index contributed by atoms with van der Waals surface area (Å²) < 4.78 is 9.93. The summed E-state index contributed by atoms with van der Waals surface area (Å²) in [7, 11) is 8.69. The minimum Gasteiger partial charge on any atom is -0.443 e. The van der Waals surface area contributed by atoms with E-state index >= 15 is 0 Å². The van der Waals surface area contributed by atoms with Crippen molar-refractivity contribution in [2.24, 2.45) is 0 Å². The smallest absolute Gasteiger partial charge is 0.326 e. The second kappa shape index (κ2) is 16.1. The number of rotatable bonds is 13. The zero-order valence-corrected chi connectivity index (χ0v) is 19.8. The van der Waals surface area contributed by atoms with Crippen molar-refractivity contribution in [1.82, 2.24) is 10.4 Å². The Morgan fingerprint density at radius 2 is 1.83 bits per heavy atom. The van der Waals surface area contributed by atoms with Crippen molar-refractivity contribution in [3.8, 4) is 0 Å². The molecular formula is C11H26N2O5P6. The van der Waals surface area contributed by atoms with Gasteiger partial charge in [-0.3, -0.25) is 19.5 Å². The summed E-state index contributed by atoms with van der Waals surface area (Å²) >= 11 is 0. The van der Waals surface area contributed by atoms with E-state index in [0.29, 0.717) is 19.4 Å². The minimum absolute atomic E-state index is 0.0121. The second-order valence-electron chi connectivity index (χ2n) is 4.78. The van der Waals surface area contributed by atoms with Gasteiger partial charge in [0.15, 0.2) is 0 Å². The highest BCUT2D eigenvalue weighted by Crippen LogP contribution is 2.53. The molecule has 0 saturated heterocycles. The molecule has 0 aliphatic rings. The predicted molar refractivity (Wildman–Crippen MR) is 114 cm³/mol. The van der Waals surface area contributed by atoms with Crippen LogP contribution in [-0.2, 0) is 23.4 Å². The first-order chi connectivity index (χ1) is 11.4. The van der Waals surface area contributed by atoms with Gasteiger partial charge in [0.25, 0.3) is 0 Å². The zero-order valence-electron chi connectivity index (χ0n) is 13.3. The van der Waals surface area contributed by atoms with E-state index in [1.807, 2.05) is 0 Å². The lowest BCUT2D eigenvalue weighted by Crippen LogP contribution is -2.33. The first-order valence-electron chi connectivity index (χ1n) is 7.30. The first-order valence-corrected chi connectivity index (χ1v) is 15.1. The van der Waals surface area contributed by atoms with Crippen molar-refractivity contribution in [1.29, 1.82) is 0 Å². The molecule has 0 radical (unpaired) electrons. The lowest BCUT2D eigenvalue weighted by atomic mass is 10.1. The number of carbonyl (C=O) groups excluding carboxylic acids is 3. The second-order valence-corrected chi connectivity index (χ2v) is 12.0. The van der Waals surface area contributed by atoms with Gasteiger partial charge in [-0.05, 0) is 19.3 Å². The van der Waals surface area contributed by atoms with E-state index in [0.717, 1.165) is 19.3 Å². The number of unbranched alkanes of at least 4 members (excludes halogenated alkanes) is 2. The Bertz CT molecular complexity index is 401. The molecule has 0 heterocycles. The maximum absolute atomic E-state index is 11.7. The maximum Gasteiger partial charge on any atom is 0.326 e. The van der Waals surface area contributed by atoms with Gasteiger partial charge >= 0.3 is 11.9 Å². The molecule has 0 fully saturated rings. The van der Waals surface area contributed by atoms with E-state index in [4.69, 9.17) is 9.05 Å². The van der Waals surface area contributed by atoms with Gasteiger partial charge in [0.2, 0.25) is 5.91 Å². The molecule has 0 spiro atoms. The van der Waals surface area contributed by atoms with E-state index in [-0.39, 0.29) is 32.8 Å². The summed E-state index contributed by atoms with van der Waals surface area (Å²) in [4.78, 5) is 34.6. The lowest BCUT2D eigenvalue weighted by molar-refractivity contribution is -0.135. The predicted octanol–water partition coefficient (Wildman–Crippen LogP) is 2.64. The zero-order chi connectivity index (χ0) is 18.4. The van der Waals surface area contributed by atoms with Gasteiger partial charge in [0.1, 0.15) is 13.6 Å². The Labute approximate surface area is 155 Å². The quantitative estimate of drug-likeness (QED) is 0.330. The number of nitrogens with one attached hydrogen (secondary N) is 2. The van der Waals surface area contributed by atoms with Crippen LogP contribution in [0, 0.1) is 0 Å². The molecule has 0 aromatic carbocycles. The summed E-state index contributed by atoms with van der Waals surface area (Å²) in [5, 5.41) is 5.57. The molecule has 6 unspecified atom stereocenters.